The van der Waals surface area contributed by atoms with Crippen LogP contribution in [0.2, 0.25) is 0 Å². The molecule has 1 fully saturated rings. The summed E-state index contributed by atoms with van der Waals surface area (Å²) < 4.78 is 8.01. The van der Waals surface area contributed by atoms with Gasteiger partial charge in [-0.3, -0.25) is 19.2 Å². The summed E-state index contributed by atoms with van der Waals surface area (Å²) in [6.45, 7) is 4.11. The summed E-state index contributed by atoms with van der Waals surface area (Å²) in [5.74, 6) is 1.15. The van der Waals surface area contributed by atoms with Gasteiger partial charge in [0.05, 0.1) is 24.7 Å². The second-order valence-corrected chi connectivity index (χ2v) is 10.8. The van der Waals surface area contributed by atoms with Crippen LogP contribution in [0.1, 0.15) is 54.0 Å². The molecule has 3 amide bonds. The standard InChI is InChI=1S/C28H34N6O4S.CH2O2/c1-2-25-29-9-12-32(25)11-8-27(36)33-10-3-4-13-38-21-7-5-6-20(14-21)22-15-34(16-23(22)31-26(35)17-33)28(37)24-18-39-19-30-24;2-1-3/h5-7,9,12,14,18-19,22-23H,2-4,8,10-11,13,15-17H2,1H3,(H,31,35);1H,(H,2,3)/t22-,23+;/m1./s1. The molecule has 0 spiro atoms. The van der Waals surface area contributed by atoms with Gasteiger partial charge in [-0.05, 0) is 30.5 Å². The smallest absolute Gasteiger partial charge is 0.290 e. The van der Waals surface area contributed by atoms with Crippen LogP contribution in [0.5, 0.6) is 5.75 Å². The first-order chi connectivity index (χ1) is 20.4. The Hall–Kier alpha value is -4.26. The van der Waals surface area contributed by atoms with E-state index < -0.39 is 0 Å². The van der Waals surface area contributed by atoms with Crippen LogP contribution >= 0.6 is 11.3 Å². The minimum absolute atomic E-state index is 0.0203. The minimum atomic E-state index is -0.298. The lowest BCUT2D eigenvalue weighted by molar-refractivity contribution is -0.136. The Morgan fingerprint density at radius 3 is 2.81 bits per heavy atom. The zero-order chi connectivity index (χ0) is 29.9. The van der Waals surface area contributed by atoms with E-state index in [0.29, 0.717) is 44.9 Å². The topological polar surface area (TPSA) is 147 Å². The first-order valence-corrected chi connectivity index (χ1v) is 14.9. The van der Waals surface area contributed by atoms with E-state index >= 15 is 0 Å². The number of benzene rings is 1. The number of carbonyl (C=O) groups is 4. The van der Waals surface area contributed by atoms with Gasteiger partial charge in [-0.1, -0.05) is 19.1 Å². The van der Waals surface area contributed by atoms with E-state index in [4.69, 9.17) is 14.6 Å². The van der Waals surface area contributed by atoms with Crippen molar-refractivity contribution in [3.8, 4) is 5.75 Å². The summed E-state index contributed by atoms with van der Waals surface area (Å²) in [5.41, 5.74) is 3.06. The van der Waals surface area contributed by atoms with E-state index in [0.717, 1.165) is 36.4 Å². The molecule has 2 atom stereocenters. The van der Waals surface area contributed by atoms with Crippen molar-refractivity contribution in [1.82, 2.24) is 29.7 Å². The van der Waals surface area contributed by atoms with Gasteiger partial charge in [0.15, 0.2) is 0 Å². The lowest BCUT2D eigenvalue weighted by Crippen LogP contribution is -2.47. The molecule has 2 bridgehead atoms. The highest BCUT2D eigenvalue weighted by Gasteiger charge is 2.38. The van der Waals surface area contributed by atoms with Gasteiger partial charge in [0.1, 0.15) is 17.3 Å². The maximum absolute atomic E-state index is 13.3. The Bertz CT molecular complexity index is 1350. The number of ether oxygens (including phenoxy) is 1. The van der Waals surface area contributed by atoms with Crippen LogP contribution < -0.4 is 10.1 Å². The molecular weight excluding hydrogens is 560 g/mol. The summed E-state index contributed by atoms with van der Waals surface area (Å²) in [4.78, 5) is 59.9. The number of rotatable bonds is 5. The second-order valence-electron chi connectivity index (χ2n) is 10.1. The first-order valence-electron chi connectivity index (χ1n) is 14.0. The molecule has 5 rings (SSSR count). The molecule has 1 saturated heterocycles. The summed E-state index contributed by atoms with van der Waals surface area (Å²) in [7, 11) is 0. The number of hydrogen-bond acceptors (Lipinski definition) is 8. The molecule has 12 nitrogen and oxygen atoms in total. The number of thiazole rings is 1. The van der Waals surface area contributed by atoms with Crippen LogP contribution in [0.3, 0.4) is 0 Å². The van der Waals surface area contributed by atoms with Crippen LogP contribution in [0.4, 0.5) is 0 Å². The third-order valence-electron chi connectivity index (χ3n) is 7.35. The molecule has 1 aromatic carbocycles. The van der Waals surface area contributed by atoms with Gasteiger partial charge < -0.3 is 29.5 Å². The van der Waals surface area contributed by atoms with E-state index in [9.17, 15) is 14.4 Å². The zero-order valence-corrected chi connectivity index (χ0v) is 24.4. The van der Waals surface area contributed by atoms with Crippen LogP contribution in [0.25, 0.3) is 0 Å². The molecule has 0 radical (unpaired) electrons. The molecule has 0 unspecified atom stereocenters. The van der Waals surface area contributed by atoms with Crippen molar-refractivity contribution in [3.63, 3.8) is 0 Å². The fourth-order valence-electron chi connectivity index (χ4n) is 5.31. The fourth-order valence-corrected chi connectivity index (χ4v) is 5.84. The highest BCUT2D eigenvalue weighted by molar-refractivity contribution is 7.07. The van der Waals surface area contributed by atoms with Crippen molar-refractivity contribution in [2.24, 2.45) is 0 Å². The summed E-state index contributed by atoms with van der Waals surface area (Å²) >= 11 is 1.38. The number of carboxylic acid groups (broad SMARTS) is 1. The lowest BCUT2D eigenvalue weighted by Gasteiger charge is -2.26. The number of imidazole rings is 1. The molecule has 0 saturated carbocycles. The van der Waals surface area contributed by atoms with E-state index in [1.165, 1.54) is 11.3 Å². The maximum Gasteiger partial charge on any atom is 0.290 e. The third kappa shape index (κ3) is 7.93. The molecule has 3 aromatic rings. The molecule has 0 aliphatic carbocycles. The van der Waals surface area contributed by atoms with Gasteiger partial charge in [-0.15, -0.1) is 11.3 Å². The quantitative estimate of drug-likeness (QED) is 0.427. The molecule has 13 heteroatoms. The summed E-state index contributed by atoms with van der Waals surface area (Å²) in [5, 5.41) is 11.8. The summed E-state index contributed by atoms with van der Waals surface area (Å²) in [6.07, 6.45) is 6.20. The van der Waals surface area contributed by atoms with Crippen molar-refractivity contribution in [2.75, 3.05) is 32.8 Å². The molecule has 2 aromatic heterocycles. The molecule has 2 aliphatic rings. The van der Waals surface area contributed by atoms with Crippen LogP contribution in [0, 0.1) is 0 Å². The Kier molecular flexibility index (Phi) is 11.0. The van der Waals surface area contributed by atoms with E-state index in [2.05, 4.69) is 15.3 Å². The first kappa shape index (κ1) is 30.7. The SMILES string of the molecule is CCc1nccn1CCC(=O)N1CCCCOc2cccc(c2)[C@H]2CN(C(=O)c3cscn3)C[C@@H]2NC(=O)C1.O=CO. The molecular formula is C29H36N6O6S. The van der Waals surface area contributed by atoms with E-state index in [1.54, 1.807) is 26.9 Å². The van der Waals surface area contributed by atoms with Crippen molar-refractivity contribution in [2.45, 2.75) is 51.1 Å². The van der Waals surface area contributed by atoms with Crippen LogP contribution in [0.15, 0.2) is 47.5 Å². The number of likely N-dealkylation sites (tertiary alicyclic amines) is 1. The van der Waals surface area contributed by atoms with Gasteiger partial charge in [0.2, 0.25) is 11.8 Å². The Labute approximate surface area is 248 Å². The number of aryl methyl sites for hydroxylation is 2. The number of fused-ring (bicyclic) bond motifs is 4. The number of nitrogens with one attached hydrogen (secondary N) is 1. The fraction of sp³-hybridized carbons (Fsp3) is 0.448. The largest absolute Gasteiger partial charge is 0.494 e. The number of amides is 3. The molecule has 42 heavy (non-hydrogen) atoms. The van der Waals surface area contributed by atoms with Crippen molar-refractivity contribution in [1.29, 1.82) is 0 Å². The number of hydrogen-bond donors (Lipinski definition) is 2. The minimum Gasteiger partial charge on any atom is -0.494 e. The normalized spacial score (nSPS) is 18.9. The Balaban J connectivity index is 0.00000129. The maximum atomic E-state index is 13.3. The van der Waals surface area contributed by atoms with Crippen molar-refractivity contribution in [3.05, 3.63) is 64.6 Å². The lowest BCUT2D eigenvalue weighted by atomic mass is 9.94. The van der Waals surface area contributed by atoms with Crippen molar-refractivity contribution < 1.29 is 29.0 Å². The van der Waals surface area contributed by atoms with Gasteiger partial charge in [0, 0.05) is 62.7 Å². The average Bonchev–Trinajstić information content (AvgIpc) is 3.76. The highest BCUT2D eigenvalue weighted by atomic mass is 32.1. The molecule has 224 valence electrons. The Morgan fingerprint density at radius 1 is 1.21 bits per heavy atom. The van der Waals surface area contributed by atoms with E-state index in [1.807, 2.05) is 42.0 Å². The predicted octanol–water partition coefficient (Wildman–Crippen LogP) is 2.42. The molecule has 2 N–H and O–H groups in total. The zero-order valence-electron chi connectivity index (χ0n) is 23.6. The monoisotopic (exact) mass is 596 g/mol. The van der Waals surface area contributed by atoms with Crippen molar-refractivity contribution >= 4 is 35.5 Å². The van der Waals surface area contributed by atoms with Gasteiger partial charge in [-0.25, -0.2) is 9.97 Å². The van der Waals surface area contributed by atoms with E-state index in [-0.39, 0.29) is 42.7 Å². The van der Waals surface area contributed by atoms with Crippen LogP contribution in [-0.4, -0.2) is 92.5 Å². The molecule has 4 heterocycles. The van der Waals surface area contributed by atoms with Crippen LogP contribution in [-0.2, 0) is 27.3 Å². The van der Waals surface area contributed by atoms with Gasteiger partial charge in [-0.2, -0.15) is 0 Å². The summed E-state index contributed by atoms with van der Waals surface area (Å²) in [6, 6.07) is 7.59. The molecule has 2 aliphatic heterocycles. The average molecular weight is 597 g/mol. The second kappa shape index (κ2) is 15.1. The van der Waals surface area contributed by atoms with Gasteiger partial charge >= 0.3 is 0 Å². The highest BCUT2D eigenvalue weighted by Crippen LogP contribution is 2.31. The van der Waals surface area contributed by atoms with Gasteiger partial charge in [0.25, 0.3) is 12.4 Å². The Morgan fingerprint density at radius 2 is 2.05 bits per heavy atom. The number of nitrogens with zero attached hydrogens (tertiary/aromatic N) is 5. The predicted molar refractivity (Wildman–Crippen MR) is 155 cm³/mol. The number of carbonyl (C=O) groups excluding carboxylic acids is 3. The third-order valence-corrected chi connectivity index (χ3v) is 7.94. The number of aromatic nitrogens is 3.